The molecular weight excluding hydrogens is 370 g/mol. The summed E-state index contributed by atoms with van der Waals surface area (Å²) < 4.78 is 15.4. The Morgan fingerprint density at radius 3 is 2.46 bits per heavy atom. The van der Waals surface area contributed by atoms with Crippen molar-refractivity contribution in [2.75, 3.05) is 6.26 Å². The molecule has 0 aliphatic heterocycles. The van der Waals surface area contributed by atoms with E-state index in [4.69, 9.17) is 23.2 Å². The van der Waals surface area contributed by atoms with Gasteiger partial charge in [0.2, 0.25) is 5.43 Å². The van der Waals surface area contributed by atoms with Gasteiger partial charge in [0.15, 0.2) is 0 Å². The number of benzene rings is 2. The van der Waals surface area contributed by atoms with Crippen molar-refractivity contribution >= 4 is 45.9 Å². The van der Waals surface area contributed by atoms with Gasteiger partial charge in [-0.05, 0) is 36.6 Å². The predicted molar refractivity (Wildman–Crippen MR) is 96.0 cm³/mol. The van der Waals surface area contributed by atoms with Gasteiger partial charge in [-0.25, -0.2) is 4.39 Å². The van der Waals surface area contributed by atoms with Crippen LogP contribution in [0.1, 0.15) is 5.56 Å². The third-order valence-electron chi connectivity index (χ3n) is 3.56. The zero-order valence-corrected chi connectivity index (χ0v) is 14.6. The fourth-order valence-electron chi connectivity index (χ4n) is 2.55. The predicted octanol–water partition coefficient (Wildman–Crippen LogP) is 5.03. The smallest absolute Gasteiger partial charge is 0.208 e. The van der Waals surface area contributed by atoms with Crippen LogP contribution in [-0.4, -0.2) is 10.8 Å². The first-order valence-corrected chi connectivity index (χ1v) is 8.74. The third-order valence-corrected chi connectivity index (χ3v) is 4.94. The monoisotopic (exact) mass is 378 g/mol. The molecule has 0 saturated heterocycles. The Morgan fingerprint density at radius 2 is 1.88 bits per heavy atom. The number of nitriles is 1. The van der Waals surface area contributed by atoms with Crippen molar-refractivity contribution in [1.29, 1.82) is 5.26 Å². The van der Waals surface area contributed by atoms with Crippen LogP contribution in [0.5, 0.6) is 0 Å². The molecule has 7 heteroatoms. The van der Waals surface area contributed by atoms with Gasteiger partial charge in [0.1, 0.15) is 22.5 Å². The Kier molecular flexibility index (Phi) is 4.55. The number of aromatic nitrogens is 1. The molecule has 0 radical (unpaired) electrons. The standard InChI is InChI=1S/C17H9Cl2FN2OS/c1-24-17-11(8-21)16(23)10-6-5-9(20)7-14(10)22(17)15-12(18)3-2-4-13(15)19/h2-7H,1H3. The van der Waals surface area contributed by atoms with Gasteiger partial charge in [0, 0.05) is 5.39 Å². The Bertz CT molecular complexity index is 1050. The molecule has 1 heterocycles. The minimum absolute atomic E-state index is 0.0300. The van der Waals surface area contributed by atoms with Gasteiger partial charge in [0.25, 0.3) is 0 Å². The number of nitrogens with zero attached hydrogens (tertiary/aromatic N) is 2. The fraction of sp³-hybridized carbons (Fsp3) is 0.0588. The van der Waals surface area contributed by atoms with E-state index in [0.717, 1.165) is 0 Å². The van der Waals surface area contributed by atoms with Gasteiger partial charge in [-0.1, -0.05) is 29.3 Å². The number of thioether (sulfide) groups is 1. The van der Waals surface area contributed by atoms with Crippen LogP contribution in [0, 0.1) is 17.1 Å². The summed E-state index contributed by atoms with van der Waals surface area (Å²) >= 11 is 13.8. The van der Waals surface area contributed by atoms with E-state index in [1.54, 1.807) is 29.0 Å². The number of para-hydroxylation sites is 1. The highest BCUT2D eigenvalue weighted by molar-refractivity contribution is 7.98. The Hall–Kier alpha value is -2.00. The molecule has 2 aromatic carbocycles. The van der Waals surface area contributed by atoms with Crippen LogP contribution in [0.3, 0.4) is 0 Å². The van der Waals surface area contributed by atoms with E-state index < -0.39 is 11.2 Å². The first kappa shape index (κ1) is 16.8. The highest BCUT2D eigenvalue weighted by atomic mass is 35.5. The SMILES string of the molecule is CSc1c(C#N)c(=O)c2ccc(F)cc2n1-c1c(Cl)cccc1Cl. The number of halogens is 3. The molecule has 120 valence electrons. The molecule has 0 saturated carbocycles. The summed E-state index contributed by atoms with van der Waals surface area (Å²) in [6.45, 7) is 0. The third kappa shape index (κ3) is 2.57. The zero-order chi connectivity index (χ0) is 17.4. The lowest BCUT2D eigenvalue weighted by molar-refractivity contribution is 0.628. The molecule has 3 rings (SSSR count). The van der Waals surface area contributed by atoms with E-state index in [1.165, 1.54) is 30.0 Å². The van der Waals surface area contributed by atoms with Crippen LogP contribution in [0.4, 0.5) is 4.39 Å². The number of pyridine rings is 1. The Balaban J connectivity index is 2.65. The quantitative estimate of drug-likeness (QED) is 0.587. The van der Waals surface area contributed by atoms with Crippen molar-refractivity contribution < 1.29 is 4.39 Å². The summed E-state index contributed by atoms with van der Waals surface area (Å²) in [5, 5.41) is 10.7. The zero-order valence-electron chi connectivity index (χ0n) is 12.3. The van der Waals surface area contributed by atoms with Crippen molar-refractivity contribution in [3.63, 3.8) is 0 Å². The average Bonchev–Trinajstić information content (AvgIpc) is 2.55. The van der Waals surface area contributed by atoms with Gasteiger partial charge in [-0.15, -0.1) is 11.8 Å². The molecule has 0 fully saturated rings. The summed E-state index contributed by atoms with van der Waals surface area (Å²) in [7, 11) is 0. The van der Waals surface area contributed by atoms with Gasteiger partial charge >= 0.3 is 0 Å². The number of hydrogen-bond acceptors (Lipinski definition) is 3. The Labute approximate surface area is 151 Å². The molecule has 0 spiro atoms. The van der Waals surface area contributed by atoms with Gasteiger partial charge in [-0.3, -0.25) is 9.36 Å². The van der Waals surface area contributed by atoms with Crippen molar-refractivity contribution in [2.24, 2.45) is 0 Å². The molecule has 3 nitrogen and oxygen atoms in total. The van der Waals surface area contributed by atoms with Gasteiger partial charge in [-0.2, -0.15) is 5.26 Å². The molecule has 1 aromatic heterocycles. The average molecular weight is 379 g/mol. The molecule has 0 unspecified atom stereocenters. The fourth-order valence-corrected chi connectivity index (χ4v) is 3.83. The molecule has 0 aliphatic carbocycles. The molecule has 0 bridgehead atoms. The molecular formula is C17H9Cl2FN2OS. The van der Waals surface area contributed by atoms with Crippen molar-refractivity contribution in [1.82, 2.24) is 4.57 Å². The summed E-state index contributed by atoms with van der Waals surface area (Å²) in [6, 6.07) is 10.7. The molecule has 24 heavy (non-hydrogen) atoms. The summed E-state index contributed by atoms with van der Waals surface area (Å²) in [5.74, 6) is -0.504. The van der Waals surface area contributed by atoms with E-state index in [2.05, 4.69) is 0 Å². The van der Waals surface area contributed by atoms with E-state index in [0.29, 0.717) is 26.3 Å². The minimum atomic E-state index is -0.504. The molecule has 0 atom stereocenters. The van der Waals surface area contributed by atoms with Crippen LogP contribution in [-0.2, 0) is 0 Å². The maximum absolute atomic E-state index is 13.8. The van der Waals surface area contributed by atoms with Gasteiger partial charge < -0.3 is 0 Å². The molecule has 3 aromatic rings. The molecule has 0 N–H and O–H groups in total. The Morgan fingerprint density at radius 1 is 1.21 bits per heavy atom. The van der Waals surface area contributed by atoms with Crippen LogP contribution in [0.25, 0.3) is 16.6 Å². The van der Waals surface area contributed by atoms with Crippen LogP contribution in [0.15, 0.2) is 46.2 Å². The lowest BCUT2D eigenvalue weighted by atomic mass is 10.1. The maximum Gasteiger partial charge on any atom is 0.208 e. The number of rotatable bonds is 2. The second-order valence-corrected chi connectivity index (χ2v) is 6.50. The second kappa shape index (κ2) is 6.48. The van der Waals surface area contributed by atoms with Crippen molar-refractivity contribution in [2.45, 2.75) is 5.03 Å². The van der Waals surface area contributed by atoms with E-state index in [-0.39, 0.29) is 10.9 Å². The van der Waals surface area contributed by atoms with Crippen LogP contribution >= 0.6 is 35.0 Å². The highest BCUT2D eigenvalue weighted by Crippen LogP contribution is 2.35. The lowest BCUT2D eigenvalue weighted by Gasteiger charge is -2.19. The highest BCUT2D eigenvalue weighted by Gasteiger charge is 2.21. The van der Waals surface area contributed by atoms with Crippen molar-refractivity contribution in [3.8, 4) is 11.8 Å². The topological polar surface area (TPSA) is 45.8 Å². The maximum atomic E-state index is 13.8. The van der Waals surface area contributed by atoms with Crippen LogP contribution < -0.4 is 5.43 Å². The molecule has 0 amide bonds. The summed E-state index contributed by atoms with van der Waals surface area (Å²) in [6.07, 6.45) is 1.72. The van der Waals surface area contributed by atoms with Gasteiger partial charge in [0.05, 0.1) is 21.2 Å². The first-order valence-electron chi connectivity index (χ1n) is 6.76. The summed E-state index contributed by atoms with van der Waals surface area (Å²) in [5.41, 5.74) is 0.226. The van der Waals surface area contributed by atoms with E-state index >= 15 is 0 Å². The van der Waals surface area contributed by atoms with Crippen LogP contribution in [0.2, 0.25) is 10.0 Å². The first-order chi connectivity index (χ1) is 11.5. The van der Waals surface area contributed by atoms with E-state index in [9.17, 15) is 14.4 Å². The summed E-state index contributed by atoms with van der Waals surface area (Å²) in [4.78, 5) is 12.6. The second-order valence-electron chi connectivity index (χ2n) is 4.89. The number of fused-ring (bicyclic) bond motifs is 1. The molecule has 0 aliphatic rings. The lowest BCUT2D eigenvalue weighted by Crippen LogP contribution is -2.16. The van der Waals surface area contributed by atoms with E-state index in [1.807, 2.05) is 6.07 Å². The normalized spacial score (nSPS) is 10.8. The number of hydrogen-bond donors (Lipinski definition) is 0. The van der Waals surface area contributed by atoms with Crippen molar-refractivity contribution in [3.05, 3.63) is 68.0 Å². The minimum Gasteiger partial charge on any atom is -0.300 e. The largest absolute Gasteiger partial charge is 0.300 e.